The van der Waals surface area contributed by atoms with Gasteiger partial charge in [0, 0.05) is 30.4 Å². The molecule has 2 aromatic heterocycles. The molecule has 146 valence electrons. The molecule has 0 spiro atoms. The predicted molar refractivity (Wildman–Crippen MR) is 109 cm³/mol. The lowest BCUT2D eigenvalue weighted by molar-refractivity contribution is -0.123. The van der Waals surface area contributed by atoms with Crippen molar-refractivity contribution in [3.8, 4) is 0 Å². The van der Waals surface area contributed by atoms with Crippen LogP contribution in [0.2, 0.25) is 0 Å². The summed E-state index contributed by atoms with van der Waals surface area (Å²) >= 11 is 0. The van der Waals surface area contributed by atoms with Crippen molar-refractivity contribution in [3.63, 3.8) is 0 Å². The molecule has 4 rings (SSSR count). The zero-order valence-corrected chi connectivity index (χ0v) is 16.2. The van der Waals surface area contributed by atoms with Crippen LogP contribution in [0, 0.1) is 6.92 Å². The van der Waals surface area contributed by atoms with E-state index in [0.29, 0.717) is 11.1 Å². The molecular formula is C23H22N4O2. The molecule has 0 radical (unpaired) electrons. The van der Waals surface area contributed by atoms with Gasteiger partial charge in [-0.05, 0) is 54.7 Å². The average molecular weight is 386 g/mol. The van der Waals surface area contributed by atoms with Crippen LogP contribution >= 0.6 is 0 Å². The number of aryl methyl sites for hydroxylation is 1. The predicted octanol–water partition coefficient (Wildman–Crippen LogP) is 3.14. The van der Waals surface area contributed by atoms with Crippen molar-refractivity contribution in [1.29, 1.82) is 0 Å². The van der Waals surface area contributed by atoms with Gasteiger partial charge in [-0.3, -0.25) is 19.6 Å². The van der Waals surface area contributed by atoms with Crippen molar-refractivity contribution >= 4 is 11.8 Å². The molecular weight excluding hydrogens is 364 g/mol. The van der Waals surface area contributed by atoms with Crippen LogP contribution in [-0.4, -0.2) is 26.7 Å². The van der Waals surface area contributed by atoms with Gasteiger partial charge < -0.3 is 10.6 Å². The summed E-state index contributed by atoms with van der Waals surface area (Å²) in [5.41, 5.74) is 10.3. The molecule has 0 saturated heterocycles. The molecule has 2 N–H and O–H groups in total. The molecule has 29 heavy (non-hydrogen) atoms. The highest BCUT2D eigenvalue weighted by Gasteiger charge is 2.39. The van der Waals surface area contributed by atoms with Gasteiger partial charge in [-0.2, -0.15) is 0 Å². The fraction of sp³-hybridized carbons (Fsp3) is 0.217. The number of nitrogens with zero attached hydrogens (tertiary/aromatic N) is 3. The van der Waals surface area contributed by atoms with Crippen LogP contribution in [-0.2, 0) is 11.2 Å². The number of carbonyl (C=O) groups excluding carboxylic acids is 2. The Bertz CT molecular complexity index is 1040. The van der Waals surface area contributed by atoms with Gasteiger partial charge in [0.25, 0.3) is 5.91 Å². The summed E-state index contributed by atoms with van der Waals surface area (Å²) in [6, 6.07) is 11.8. The lowest BCUT2D eigenvalue weighted by Gasteiger charge is -2.35. The number of carbonyl (C=O) groups is 2. The topological polar surface area (TPSA) is 89.2 Å². The highest BCUT2D eigenvalue weighted by molar-refractivity contribution is 5.97. The number of fused-ring (bicyclic) bond motifs is 1. The van der Waals surface area contributed by atoms with Gasteiger partial charge in [-0.15, -0.1) is 0 Å². The first kappa shape index (κ1) is 18.8. The monoisotopic (exact) mass is 386 g/mol. The van der Waals surface area contributed by atoms with Crippen molar-refractivity contribution in [2.24, 2.45) is 5.73 Å². The molecule has 2 atom stereocenters. The van der Waals surface area contributed by atoms with Gasteiger partial charge in [-0.1, -0.05) is 24.3 Å². The lowest BCUT2D eigenvalue weighted by atomic mass is 9.98. The van der Waals surface area contributed by atoms with Gasteiger partial charge in [0.1, 0.15) is 6.04 Å². The third-order valence-corrected chi connectivity index (χ3v) is 5.50. The van der Waals surface area contributed by atoms with E-state index in [-0.39, 0.29) is 11.9 Å². The smallest absolute Gasteiger partial charge is 0.256 e. The lowest BCUT2D eigenvalue weighted by Crippen LogP contribution is -2.43. The number of benzene rings is 1. The number of pyridine rings is 2. The number of rotatable bonds is 5. The number of hydrogen-bond acceptors (Lipinski definition) is 4. The third kappa shape index (κ3) is 3.49. The number of nitrogens with two attached hydrogens (primary N) is 1. The van der Waals surface area contributed by atoms with Crippen molar-refractivity contribution in [2.45, 2.75) is 31.8 Å². The van der Waals surface area contributed by atoms with Crippen LogP contribution in [0.4, 0.5) is 0 Å². The summed E-state index contributed by atoms with van der Waals surface area (Å²) < 4.78 is 0. The number of aromatic nitrogens is 2. The summed E-state index contributed by atoms with van der Waals surface area (Å²) in [7, 11) is 0. The van der Waals surface area contributed by atoms with E-state index in [9.17, 15) is 9.59 Å². The highest BCUT2D eigenvalue weighted by Crippen LogP contribution is 2.42. The second kappa shape index (κ2) is 7.83. The van der Waals surface area contributed by atoms with Crippen LogP contribution in [0.25, 0.3) is 0 Å². The Hall–Kier alpha value is -3.54. The van der Waals surface area contributed by atoms with E-state index in [1.807, 2.05) is 12.1 Å². The van der Waals surface area contributed by atoms with Gasteiger partial charge >= 0.3 is 0 Å². The second-order valence-corrected chi connectivity index (χ2v) is 7.24. The molecule has 0 bridgehead atoms. The van der Waals surface area contributed by atoms with Crippen molar-refractivity contribution in [3.05, 3.63) is 95.1 Å². The molecule has 0 fully saturated rings. The van der Waals surface area contributed by atoms with Crippen molar-refractivity contribution in [2.75, 3.05) is 0 Å². The number of primary amides is 1. The second-order valence-electron chi connectivity index (χ2n) is 7.24. The van der Waals surface area contributed by atoms with Crippen LogP contribution in [0.1, 0.15) is 51.1 Å². The molecule has 2 amide bonds. The standard InChI is InChI=1S/C23H22N4O2/c1-15-5-2-8-19-18(15)9-10-20(19)27(23(29)17-7-4-12-26-14-17)21(22(24)28)16-6-3-11-25-13-16/h2-8,11-14,20-21H,9-10H2,1H3,(H2,24,28)/t20-,21-/m1/s1. The molecule has 1 aliphatic carbocycles. The van der Waals surface area contributed by atoms with Crippen molar-refractivity contribution < 1.29 is 9.59 Å². The zero-order chi connectivity index (χ0) is 20.4. The average Bonchev–Trinajstić information content (AvgIpc) is 3.17. The Morgan fingerprint density at radius 1 is 1.07 bits per heavy atom. The SMILES string of the molecule is Cc1cccc2c1CC[C@H]2N(C(=O)c1cccnc1)[C@@H](C(N)=O)c1cccnc1. The summed E-state index contributed by atoms with van der Waals surface area (Å²) in [5.74, 6) is -0.860. The first-order valence-electron chi connectivity index (χ1n) is 9.58. The van der Waals surface area contributed by atoms with Crippen LogP contribution in [0.3, 0.4) is 0 Å². The fourth-order valence-corrected chi connectivity index (χ4v) is 4.18. The molecule has 2 heterocycles. The minimum absolute atomic E-state index is 0.254. The van der Waals surface area contributed by atoms with Crippen LogP contribution < -0.4 is 5.73 Å². The number of amides is 2. The van der Waals surface area contributed by atoms with E-state index >= 15 is 0 Å². The van der Waals surface area contributed by atoms with Crippen LogP contribution in [0.15, 0.2) is 67.3 Å². The van der Waals surface area contributed by atoms with E-state index in [1.165, 1.54) is 17.3 Å². The summed E-state index contributed by atoms with van der Waals surface area (Å²) in [4.78, 5) is 36.0. The summed E-state index contributed by atoms with van der Waals surface area (Å²) in [6.45, 7) is 2.07. The number of hydrogen-bond donors (Lipinski definition) is 1. The Morgan fingerprint density at radius 3 is 2.48 bits per heavy atom. The van der Waals surface area contributed by atoms with Gasteiger partial charge in [0.15, 0.2) is 0 Å². The molecule has 6 heteroatoms. The van der Waals surface area contributed by atoms with E-state index in [4.69, 9.17) is 5.73 Å². The Morgan fingerprint density at radius 2 is 1.83 bits per heavy atom. The van der Waals surface area contributed by atoms with E-state index in [1.54, 1.807) is 47.8 Å². The Balaban J connectivity index is 1.86. The molecule has 3 aromatic rings. The summed E-state index contributed by atoms with van der Waals surface area (Å²) in [5, 5.41) is 0. The van der Waals surface area contributed by atoms with E-state index < -0.39 is 11.9 Å². The quantitative estimate of drug-likeness (QED) is 0.729. The Kier molecular flexibility index (Phi) is 5.08. The highest BCUT2D eigenvalue weighted by atomic mass is 16.2. The fourth-order valence-electron chi connectivity index (χ4n) is 4.18. The maximum absolute atomic E-state index is 13.6. The molecule has 0 aliphatic heterocycles. The molecule has 1 aliphatic rings. The maximum atomic E-state index is 13.6. The Labute approximate surface area is 169 Å². The third-order valence-electron chi connectivity index (χ3n) is 5.50. The van der Waals surface area contributed by atoms with Crippen molar-refractivity contribution in [1.82, 2.24) is 14.9 Å². The molecule has 6 nitrogen and oxygen atoms in total. The largest absolute Gasteiger partial charge is 0.368 e. The first-order valence-corrected chi connectivity index (χ1v) is 9.58. The van der Waals surface area contributed by atoms with E-state index in [0.717, 1.165) is 18.4 Å². The molecule has 0 saturated carbocycles. The zero-order valence-electron chi connectivity index (χ0n) is 16.2. The normalized spacial score (nSPS) is 16.1. The first-order chi connectivity index (χ1) is 14.1. The maximum Gasteiger partial charge on any atom is 0.256 e. The summed E-state index contributed by atoms with van der Waals surface area (Å²) in [6.07, 6.45) is 7.93. The van der Waals surface area contributed by atoms with Gasteiger partial charge in [0.05, 0.1) is 11.6 Å². The van der Waals surface area contributed by atoms with Gasteiger partial charge in [0.2, 0.25) is 5.91 Å². The van der Waals surface area contributed by atoms with E-state index in [2.05, 4.69) is 23.0 Å². The molecule has 0 unspecified atom stereocenters. The minimum atomic E-state index is -0.923. The van der Waals surface area contributed by atoms with Gasteiger partial charge in [-0.25, -0.2) is 0 Å². The molecule has 1 aromatic carbocycles. The van der Waals surface area contributed by atoms with Crippen LogP contribution in [0.5, 0.6) is 0 Å². The minimum Gasteiger partial charge on any atom is -0.368 e.